The minimum atomic E-state index is -0.941. The zero-order valence-electron chi connectivity index (χ0n) is 11.2. The smallest absolute Gasteiger partial charge is 0.338 e. The standard InChI is InChI=1S/C15H17N3O2/c19-15(20)11-2-1-3-13-14(11)16-17-18(13)8-12(9-4-5-9)10-6-7-10/h1-3,9-10,12H,4-8H2,(H,19,20). The largest absolute Gasteiger partial charge is 0.478 e. The first-order valence-electron chi connectivity index (χ1n) is 7.29. The summed E-state index contributed by atoms with van der Waals surface area (Å²) in [6, 6.07) is 5.27. The molecule has 2 aliphatic rings. The molecule has 0 atom stereocenters. The van der Waals surface area contributed by atoms with Crippen LogP contribution in [0.1, 0.15) is 36.0 Å². The Morgan fingerprint density at radius 2 is 2.00 bits per heavy atom. The molecule has 2 fully saturated rings. The van der Waals surface area contributed by atoms with Crippen molar-refractivity contribution in [2.75, 3.05) is 0 Å². The van der Waals surface area contributed by atoms with Crippen LogP contribution in [-0.4, -0.2) is 26.1 Å². The lowest BCUT2D eigenvalue weighted by Gasteiger charge is -2.15. The van der Waals surface area contributed by atoms with Crippen LogP contribution in [0.2, 0.25) is 0 Å². The summed E-state index contributed by atoms with van der Waals surface area (Å²) in [4.78, 5) is 11.2. The zero-order valence-corrected chi connectivity index (χ0v) is 11.2. The summed E-state index contributed by atoms with van der Waals surface area (Å²) in [5.74, 6) is 1.46. The van der Waals surface area contributed by atoms with E-state index in [4.69, 9.17) is 0 Å². The fraction of sp³-hybridized carbons (Fsp3) is 0.533. The molecule has 1 aromatic carbocycles. The number of carboxylic acids is 1. The molecule has 5 nitrogen and oxygen atoms in total. The minimum Gasteiger partial charge on any atom is -0.478 e. The number of rotatable bonds is 5. The van der Waals surface area contributed by atoms with Gasteiger partial charge < -0.3 is 5.11 Å². The summed E-state index contributed by atoms with van der Waals surface area (Å²) in [6.07, 6.45) is 5.37. The third-order valence-corrected chi connectivity index (χ3v) is 4.61. The Kier molecular flexibility index (Phi) is 2.55. The number of fused-ring (bicyclic) bond motifs is 1. The third kappa shape index (κ3) is 1.97. The SMILES string of the molecule is O=C(O)c1cccc2c1nnn2CC(C1CC1)C1CC1. The molecule has 1 aromatic heterocycles. The molecule has 20 heavy (non-hydrogen) atoms. The van der Waals surface area contributed by atoms with E-state index in [1.165, 1.54) is 25.7 Å². The molecule has 5 heteroatoms. The summed E-state index contributed by atoms with van der Waals surface area (Å²) < 4.78 is 1.91. The Hall–Kier alpha value is -1.91. The maximum absolute atomic E-state index is 11.2. The van der Waals surface area contributed by atoms with E-state index in [0.29, 0.717) is 11.4 Å². The number of carbonyl (C=O) groups is 1. The summed E-state index contributed by atoms with van der Waals surface area (Å²) in [5, 5.41) is 17.5. The molecule has 1 N–H and O–H groups in total. The molecule has 2 aliphatic carbocycles. The number of benzene rings is 1. The fourth-order valence-electron chi connectivity index (χ4n) is 3.23. The summed E-state index contributed by atoms with van der Waals surface area (Å²) in [5.41, 5.74) is 1.59. The van der Waals surface area contributed by atoms with Gasteiger partial charge in [0.25, 0.3) is 0 Å². The molecule has 2 aromatic rings. The van der Waals surface area contributed by atoms with Gasteiger partial charge in [-0.1, -0.05) is 11.3 Å². The van der Waals surface area contributed by atoms with Crippen LogP contribution in [0.4, 0.5) is 0 Å². The van der Waals surface area contributed by atoms with Crippen molar-refractivity contribution in [1.29, 1.82) is 0 Å². The van der Waals surface area contributed by atoms with Gasteiger partial charge in [0.05, 0.1) is 11.1 Å². The molecule has 0 aliphatic heterocycles. The fourth-order valence-corrected chi connectivity index (χ4v) is 3.23. The first kappa shape index (κ1) is 11.9. The van der Waals surface area contributed by atoms with E-state index >= 15 is 0 Å². The van der Waals surface area contributed by atoms with Gasteiger partial charge in [-0.2, -0.15) is 0 Å². The highest BCUT2D eigenvalue weighted by Crippen LogP contribution is 2.49. The van der Waals surface area contributed by atoms with Crippen molar-refractivity contribution in [2.45, 2.75) is 32.2 Å². The van der Waals surface area contributed by atoms with Crippen LogP contribution in [0.15, 0.2) is 18.2 Å². The average Bonchev–Trinajstić information content (AvgIpc) is 3.34. The highest BCUT2D eigenvalue weighted by molar-refractivity contribution is 6.00. The van der Waals surface area contributed by atoms with E-state index in [1.807, 2.05) is 10.7 Å². The number of nitrogens with zero attached hydrogens (tertiary/aromatic N) is 3. The second-order valence-corrected chi connectivity index (χ2v) is 6.09. The van der Waals surface area contributed by atoms with Gasteiger partial charge in [0.1, 0.15) is 5.52 Å². The van der Waals surface area contributed by atoms with E-state index in [0.717, 1.165) is 23.9 Å². The van der Waals surface area contributed by atoms with Crippen LogP contribution in [-0.2, 0) is 6.54 Å². The van der Waals surface area contributed by atoms with Crippen LogP contribution in [0, 0.1) is 17.8 Å². The quantitative estimate of drug-likeness (QED) is 0.907. The van der Waals surface area contributed by atoms with Gasteiger partial charge >= 0.3 is 5.97 Å². The maximum atomic E-state index is 11.2. The number of aromatic carboxylic acids is 1. The van der Waals surface area contributed by atoms with Crippen molar-refractivity contribution in [1.82, 2.24) is 15.0 Å². The van der Waals surface area contributed by atoms with Crippen molar-refractivity contribution in [3.05, 3.63) is 23.8 Å². The van der Waals surface area contributed by atoms with E-state index in [2.05, 4.69) is 10.3 Å². The lowest BCUT2D eigenvalue weighted by molar-refractivity contribution is 0.0699. The monoisotopic (exact) mass is 271 g/mol. The van der Waals surface area contributed by atoms with Gasteiger partial charge in [-0.25, -0.2) is 9.48 Å². The second kappa shape index (κ2) is 4.30. The van der Waals surface area contributed by atoms with Crippen molar-refractivity contribution >= 4 is 17.0 Å². The molecule has 104 valence electrons. The average molecular weight is 271 g/mol. The van der Waals surface area contributed by atoms with Crippen LogP contribution in [0.25, 0.3) is 11.0 Å². The van der Waals surface area contributed by atoms with Crippen molar-refractivity contribution in [3.8, 4) is 0 Å². The number of hydrogen-bond acceptors (Lipinski definition) is 3. The molecule has 0 amide bonds. The second-order valence-electron chi connectivity index (χ2n) is 6.09. The van der Waals surface area contributed by atoms with Crippen LogP contribution in [0.5, 0.6) is 0 Å². The van der Waals surface area contributed by atoms with Gasteiger partial charge in [0.15, 0.2) is 0 Å². The van der Waals surface area contributed by atoms with Crippen LogP contribution in [0.3, 0.4) is 0 Å². The van der Waals surface area contributed by atoms with Gasteiger partial charge in [-0.15, -0.1) is 5.10 Å². The summed E-state index contributed by atoms with van der Waals surface area (Å²) >= 11 is 0. The molecule has 0 bridgehead atoms. The topological polar surface area (TPSA) is 68.0 Å². The van der Waals surface area contributed by atoms with E-state index in [9.17, 15) is 9.90 Å². The van der Waals surface area contributed by atoms with Crippen molar-refractivity contribution in [2.24, 2.45) is 17.8 Å². The maximum Gasteiger partial charge on any atom is 0.338 e. The molecule has 1 heterocycles. The Labute approximate surface area is 116 Å². The number of hydrogen-bond donors (Lipinski definition) is 1. The lowest BCUT2D eigenvalue weighted by Crippen LogP contribution is -2.16. The minimum absolute atomic E-state index is 0.239. The van der Waals surface area contributed by atoms with Crippen molar-refractivity contribution in [3.63, 3.8) is 0 Å². The Morgan fingerprint density at radius 1 is 1.30 bits per heavy atom. The highest BCUT2D eigenvalue weighted by Gasteiger charge is 2.41. The van der Waals surface area contributed by atoms with E-state index in [-0.39, 0.29) is 5.56 Å². The summed E-state index contributed by atoms with van der Waals surface area (Å²) in [7, 11) is 0. The molecular weight excluding hydrogens is 254 g/mol. The van der Waals surface area contributed by atoms with E-state index in [1.54, 1.807) is 12.1 Å². The number of aromatic nitrogens is 3. The molecule has 2 saturated carbocycles. The van der Waals surface area contributed by atoms with Gasteiger partial charge in [-0.3, -0.25) is 0 Å². The molecule has 4 rings (SSSR count). The Morgan fingerprint density at radius 3 is 2.60 bits per heavy atom. The summed E-state index contributed by atoms with van der Waals surface area (Å²) in [6.45, 7) is 0.884. The third-order valence-electron chi connectivity index (χ3n) is 4.61. The molecular formula is C15H17N3O2. The van der Waals surface area contributed by atoms with Crippen LogP contribution >= 0.6 is 0 Å². The molecule has 0 spiro atoms. The molecule has 0 saturated heterocycles. The molecule has 0 radical (unpaired) electrons. The van der Waals surface area contributed by atoms with Gasteiger partial charge in [0.2, 0.25) is 0 Å². The van der Waals surface area contributed by atoms with Crippen molar-refractivity contribution < 1.29 is 9.90 Å². The highest BCUT2D eigenvalue weighted by atomic mass is 16.4. The molecule has 0 unspecified atom stereocenters. The zero-order chi connectivity index (χ0) is 13.7. The predicted molar refractivity (Wildman–Crippen MR) is 73.4 cm³/mol. The van der Waals surface area contributed by atoms with Gasteiger partial charge in [-0.05, 0) is 55.6 Å². The van der Waals surface area contributed by atoms with E-state index < -0.39 is 5.97 Å². The first-order chi connectivity index (χ1) is 9.74. The van der Waals surface area contributed by atoms with Crippen LogP contribution < -0.4 is 0 Å². The Bertz CT molecular complexity index is 659. The Balaban J connectivity index is 1.69. The first-order valence-corrected chi connectivity index (χ1v) is 7.29. The van der Waals surface area contributed by atoms with Gasteiger partial charge in [0, 0.05) is 6.54 Å². The normalized spacial score (nSPS) is 18.9. The lowest BCUT2D eigenvalue weighted by atomic mass is 9.98. The number of carboxylic acid groups (broad SMARTS) is 1. The predicted octanol–water partition coefficient (Wildman–Crippen LogP) is 2.57.